The van der Waals surface area contributed by atoms with Crippen LogP contribution in [0.2, 0.25) is 0 Å². The maximum absolute atomic E-state index is 5.57. The largest absolute Gasteiger partial charge is 0.271 e. The summed E-state index contributed by atoms with van der Waals surface area (Å²) in [5, 5.41) is 4.26. The van der Waals surface area contributed by atoms with Gasteiger partial charge in [-0.25, -0.2) is 9.67 Å². The van der Waals surface area contributed by atoms with E-state index in [1.165, 1.54) is 12.8 Å². The molecule has 0 aliphatic carbocycles. The lowest BCUT2D eigenvalue weighted by Crippen LogP contribution is -2.37. The van der Waals surface area contributed by atoms with Crippen LogP contribution < -0.4 is 11.3 Å². The molecule has 0 amide bonds. The molecule has 0 fully saturated rings. The smallest absolute Gasteiger partial charge is 0.138 e. The van der Waals surface area contributed by atoms with Crippen LogP contribution in [-0.2, 0) is 13.0 Å². The second-order valence-corrected chi connectivity index (χ2v) is 4.96. The number of nitrogens with two attached hydrogens (primary N) is 1. The highest BCUT2D eigenvalue weighted by Crippen LogP contribution is 2.08. The molecule has 0 bridgehead atoms. The van der Waals surface area contributed by atoms with Crippen LogP contribution in [0.3, 0.4) is 0 Å². The molecule has 3 N–H and O–H groups in total. The van der Waals surface area contributed by atoms with Crippen LogP contribution in [0.1, 0.15) is 45.9 Å². The third kappa shape index (κ3) is 4.83. The Labute approximate surface area is 104 Å². The quantitative estimate of drug-likeness (QED) is 0.533. The molecular formula is C12H25N5. The maximum Gasteiger partial charge on any atom is 0.138 e. The Morgan fingerprint density at radius 2 is 2.24 bits per heavy atom. The van der Waals surface area contributed by atoms with Gasteiger partial charge in [0.2, 0.25) is 0 Å². The topological polar surface area (TPSA) is 68.8 Å². The molecule has 0 aliphatic rings. The highest BCUT2D eigenvalue weighted by atomic mass is 15.3. The Morgan fingerprint density at radius 3 is 2.82 bits per heavy atom. The van der Waals surface area contributed by atoms with Crippen molar-refractivity contribution in [1.82, 2.24) is 20.2 Å². The summed E-state index contributed by atoms with van der Waals surface area (Å²) in [7, 11) is 0. The van der Waals surface area contributed by atoms with Gasteiger partial charge in [-0.05, 0) is 12.3 Å². The summed E-state index contributed by atoms with van der Waals surface area (Å²) in [5.41, 5.74) is 2.87. The fourth-order valence-corrected chi connectivity index (χ4v) is 1.86. The Balaban J connectivity index is 2.56. The molecule has 17 heavy (non-hydrogen) atoms. The Bertz CT molecular complexity index is 308. The monoisotopic (exact) mass is 239 g/mol. The highest BCUT2D eigenvalue weighted by Gasteiger charge is 2.12. The van der Waals surface area contributed by atoms with Crippen LogP contribution in [-0.4, -0.2) is 20.8 Å². The fourth-order valence-electron chi connectivity index (χ4n) is 1.86. The standard InChI is InChI=1S/C12H25N5/c1-4-5-6-11(16-13)7-12-14-9-15-17(12)8-10(2)3/h9-11,16H,4-8,13H2,1-3H3. The number of unbranched alkanes of at least 4 members (excludes halogenated alkanes) is 1. The van der Waals surface area contributed by atoms with Gasteiger partial charge in [-0.2, -0.15) is 5.10 Å². The summed E-state index contributed by atoms with van der Waals surface area (Å²) < 4.78 is 1.99. The molecule has 1 aromatic rings. The normalized spacial score (nSPS) is 13.2. The van der Waals surface area contributed by atoms with E-state index in [0.29, 0.717) is 12.0 Å². The molecular weight excluding hydrogens is 214 g/mol. The van der Waals surface area contributed by atoms with Gasteiger partial charge < -0.3 is 0 Å². The summed E-state index contributed by atoms with van der Waals surface area (Å²) in [6, 6.07) is 0.296. The summed E-state index contributed by atoms with van der Waals surface area (Å²) in [5.74, 6) is 7.18. The van der Waals surface area contributed by atoms with Gasteiger partial charge in [-0.1, -0.05) is 33.6 Å². The molecule has 5 nitrogen and oxygen atoms in total. The minimum absolute atomic E-state index is 0.296. The lowest BCUT2D eigenvalue weighted by molar-refractivity contribution is 0.426. The van der Waals surface area contributed by atoms with Crippen molar-refractivity contribution in [2.75, 3.05) is 0 Å². The first-order valence-electron chi connectivity index (χ1n) is 6.50. The van der Waals surface area contributed by atoms with Gasteiger partial charge in [0.15, 0.2) is 0 Å². The molecule has 5 heteroatoms. The van der Waals surface area contributed by atoms with E-state index in [-0.39, 0.29) is 0 Å². The molecule has 0 saturated heterocycles. The first kappa shape index (κ1) is 14.1. The van der Waals surface area contributed by atoms with Crippen LogP contribution in [0, 0.1) is 5.92 Å². The van der Waals surface area contributed by atoms with E-state index < -0.39 is 0 Å². The average molecular weight is 239 g/mol. The molecule has 0 spiro atoms. The van der Waals surface area contributed by atoms with E-state index in [1.807, 2.05) is 4.68 Å². The van der Waals surface area contributed by atoms with Crippen LogP contribution in [0.25, 0.3) is 0 Å². The van der Waals surface area contributed by atoms with E-state index in [4.69, 9.17) is 5.84 Å². The second kappa shape index (κ2) is 7.40. The van der Waals surface area contributed by atoms with Gasteiger partial charge >= 0.3 is 0 Å². The lowest BCUT2D eigenvalue weighted by atomic mass is 10.1. The molecule has 0 aliphatic heterocycles. The van der Waals surface area contributed by atoms with E-state index >= 15 is 0 Å². The zero-order valence-electron chi connectivity index (χ0n) is 11.2. The number of hydrazine groups is 1. The molecule has 1 unspecified atom stereocenters. The predicted octanol–water partition coefficient (Wildman–Crippen LogP) is 1.50. The van der Waals surface area contributed by atoms with Crippen molar-refractivity contribution in [1.29, 1.82) is 0 Å². The lowest BCUT2D eigenvalue weighted by Gasteiger charge is -2.16. The van der Waals surface area contributed by atoms with Crippen molar-refractivity contribution >= 4 is 0 Å². The van der Waals surface area contributed by atoms with Crippen LogP contribution in [0.5, 0.6) is 0 Å². The first-order chi connectivity index (χ1) is 8.17. The third-order valence-corrected chi connectivity index (χ3v) is 2.80. The highest BCUT2D eigenvalue weighted by molar-refractivity contribution is 4.89. The van der Waals surface area contributed by atoms with E-state index in [9.17, 15) is 0 Å². The molecule has 0 saturated carbocycles. The number of nitrogens with zero attached hydrogens (tertiary/aromatic N) is 3. The van der Waals surface area contributed by atoms with Crippen LogP contribution in [0.4, 0.5) is 0 Å². The number of rotatable bonds is 8. The van der Waals surface area contributed by atoms with Crippen molar-refractivity contribution in [3.05, 3.63) is 12.2 Å². The molecule has 0 aromatic carbocycles. The fraction of sp³-hybridized carbons (Fsp3) is 0.833. The van der Waals surface area contributed by atoms with E-state index in [1.54, 1.807) is 6.33 Å². The third-order valence-electron chi connectivity index (χ3n) is 2.80. The van der Waals surface area contributed by atoms with Gasteiger partial charge in [-0.15, -0.1) is 0 Å². The Morgan fingerprint density at radius 1 is 1.47 bits per heavy atom. The van der Waals surface area contributed by atoms with E-state index in [2.05, 4.69) is 36.3 Å². The summed E-state index contributed by atoms with van der Waals surface area (Å²) in [6.07, 6.45) is 5.94. The minimum Gasteiger partial charge on any atom is -0.271 e. The van der Waals surface area contributed by atoms with Crippen LogP contribution in [0.15, 0.2) is 6.33 Å². The van der Waals surface area contributed by atoms with Gasteiger partial charge in [0.25, 0.3) is 0 Å². The zero-order chi connectivity index (χ0) is 12.7. The first-order valence-corrected chi connectivity index (χ1v) is 6.50. The summed E-state index contributed by atoms with van der Waals surface area (Å²) in [4.78, 5) is 4.32. The molecule has 98 valence electrons. The summed E-state index contributed by atoms with van der Waals surface area (Å²) >= 11 is 0. The van der Waals surface area contributed by atoms with Gasteiger partial charge in [0.1, 0.15) is 12.2 Å². The maximum atomic E-state index is 5.57. The second-order valence-electron chi connectivity index (χ2n) is 4.96. The van der Waals surface area contributed by atoms with E-state index in [0.717, 1.165) is 25.2 Å². The van der Waals surface area contributed by atoms with Crippen LogP contribution >= 0.6 is 0 Å². The Kier molecular flexibility index (Phi) is 6.15. The van der Waals surface area contributed by atoms with Crippen molar-refractivity contribution in [2.45, 2.75) is 59.0 Å². The molecule has 1 rings (SSSR count). The SMILES string of the molecule is CCCCC(Cc1ncnn1CC(C)C)NN. The minimum atomic E-state index is 0.296. The van der Waals surface area contributed by atoms with Gasteiger partial charge in [0.05, 0.1) is 0 Å². The summed E-state index contributed by atoms with van der Waals surface area (Å²) in [6.45, 7) is 7.47. The molecule has 1 heterocycles. The van der Waals surface area contributed by atoms with Crippen molar-refractivity contribution in [3.8, 4) is 0 Å². The van der Waals surface area contributed by atoms with Gasteiger partial charge in [-0.3, -0.25) is 11.3 Å². The zero-order valence-corrected chi connectivity index (χ0v) is 11.2. The van der Waals surface area contributed by atoms with Crippen molar-refractivity contribution < 1.29 is 0 Å². The average Bonchev–Trinajstić information content (AvgIpc) is 2.70. The molecule has 1 atom stereocenters. The number of aromatic nitrogens is 3. The van der Waals surface area contributed by atoms with Crippen molar-refractivity contribution in [3.63, 3.8) is 0 Å². The number of hydrogen-bond donors (Lipinski definition) is 2. The number of hydrogen-bond acceptors (Lipinski definition) is 4. The Hall–Kier alpha value is -0.940. The predicted molar refractivity (Wildman–Crippen MR) is 69.2 cm³/mol. The molecule has 0 radical (unpaired) electrons. The van der Waals surface area contributed by atoms with Gasteiger partial charge in [0, 0.05) is 19.0 Å². The number of nitrogens with one attached hydrogen (secondary N) is 1. The molecule has 1 aromatic heterocycles. The van der Waals surface area contributed by atoms with Crippen molar-refractivity contribution in [2.24, 2.45) is 11.8 Å².